The zero-order valence-electron chi connectivity index (χ0n) is 14.7. The molecule has 1 aliphatic heterocycles. The van der Waals surface area contributed by atoms with Crippen molar-refractivity contribution in [3.05, 3.63) is 47.5 Å². The molecule has 2 aromatic rings. The molecule has 132 valence electrons. The van der Waals surface area contributed by atoms with Gasteiger partial charge in [0.25, 0.3) is 0 Å². The van der Waals surface area contributed by atoms with E-state index in [9.17, 15) is 4.79 Å². The first-order chi connectivity index (χ1) is 12.2. The van der Waals surface area contributed by atoms with Gasteiger partial charge in [-0.1, -0.05) is 6.07 Å². The van der Waals surface area contributed by atoms with Crippen molar-refractivity contribution in [2.45, 2.75) is 57.0 Å². The second-order valence-corrected chi connectivity index (χ2v) is 7.16. The predicted molar refractivity (Wildman–Crippen MR) is 95.8 cm³/mol. The van der Waals surface area contributed by atoms with Gasteiger partial charge in [0.1, 0.15) is 11.6 Å². The number of nitrogens with one attached hydrogen (secondary N) is 1. The van der Waals surface area contributed by atoms with Crippen molar-refractivity contribution in [2.75, 3.05) is 7.11 Å². The van der Waals surface area contributed by atoms with Crippen molar-refractivity contribution >= 4 is 5.91 Å². The number of amides is 1. The second-order valence-electron chi connectivity index (χ2n) is 7.16. The summed E-state index contributed by atoms with van der Waals surface area (Å²) in [6.45, 7) is 0.833. The van der Waals surface area contributed by atoms with E-state index in [1.165, 1.54) is 11.1 Å². The highest BCUT2D eigenvalue weighted by molar-refractivity contribution is 5.77. The molecule has 1 N–H and O–H groups in total. The maximum Gasteiger partial charge on any atom is 0.220 e. The topological polar surface area (TPSA) is 56.1 Å². The number of fused-ring (bicyclic) bond motifs is 2. The minimum Gasteiger partial charge on any atom is -0.497 e. The molecule has 25 heavy (non-hydrogen) atoms. The molecule has 0 fully saturated rings. The van der Waals surface area contributed by atoms with E-state index in [4.69, 9.17) is 4.74 Å². The van der Waals surface area contributed by atoms with E-state index in [-0.39, 0.29) is 11.9 Å². The van der Waals surface area contributed by atoms with Crippen LogP contribution in [0, 0.1) is 0 Å². The lowest BCUT2D eigenvalue weighted by atomic mass is 9.81. The summed E-state index contributed by atoms with van der Waals surface area (Å²) in [7, 11) is 1.70. The van der Waals surface area contributed by atoms with Gasteiger partial charge in [0.15, 0.2) is 0 Å². The fraction of sp³-hybridized carbons (Fsp3) is 0.500. The highest BCUT2D eigenvalue weighted by Gasteiger charge is 2.25. The summed E-state index contributed by atoms with van der Waals surface area (Å²) in [6, 6.07) is 6.50. The molecule has 5 heteroatoms. The lowest BCUT2D eigenvalue weighted by Gasteiger charge is -2.28. The third-order valence-corrected chi connectivity index (χ3v) is 5.52. The summed E-state index contributed by atoms with van der Waals surface area (Å²) in [6.07, 6.45) is 9.63. The molecular formula is C20H25N3O2. The average molecular weight is 339 g/mol. The van der Waals surface area contributed by atoms with Crippen LogP contribution in [0.4, 0.5) is 0 Å². The molecule has 1 aromatic heterocycles. The zero-order valence-corrected chi connectivity index (χ0v) is 14.7. The number of ether oxygens (including phenoxy) is 1. The molecule has 0 unspecified atom stereocenters. The number of carbonyl (C=O) groups is 1. The fourth-order valence-corrected chi connectivity index (χ4v) is 4.22. The van der Waals surface area contributed by atoms with Gasteiger partial charge in [0, 0.05) is 37.8 Å². The van der Waals surface area contributed by atoms with Gasteiger partial charge in [0.05, 0.1) is 7.11 Å². The Bertz CT molecular complexity index is 768. The van der Waals surface area contributed by atoms with Gasteiger partial charge in [-0.15, -0.1) is 0 Å². The molecule has 0 bridgehead atoms. The largest absolute Gasteiger partial charge is 0.497 e. The van der Waals surface area contributed by atoms with Crippen LogP contribution < -0.4 is 10.1 Å². The molecule has 0 spiro atoms. The van der Waals surface area contributed by atoms with E-state index in [0.29, 0.717) is 12.3 Å². The van der Waals surface area contributed by atoms with Crippen LogP contribution in [0.5, 0.6) is 5.75 Å². The van der Waals surface area contributed by atoms with E-state index in [1.807, 2.05) is 18.5 Å². The molecule has 0 saturated carbocycles. The van der Waals surface area contributed by atoms with E-state index in [0.717, 1.165) is 50.2 Å². The quantitative estimate of drug-likeness (QED) is 0.932. The molecule has 4 rings (SSSR count). The molecule has 2 aliphatic rings. The number of aromatic nitrogens is 2. The smallest absolute Gasteiger partial charge is 0.220 e. The third kappa shape index (κ3) is 3.41. The van der Waals surface area contributed by atoms with Crippen LogP contribution >= 0.6 is 0 Å². The first-order valence-electron chi connectivity index (χ1n) is 9.19. The molecule has 1 aliphatic carbocycles. The van der Waals surface area contributed by atoms with E-state index in [2.05, 4.69) is 27.0 Å². The minimum atomic E-state index is 0.169. The zero-order chi connectivity index (χ0) is 17.2. The number of nitrogens with zero attached hydrogens (tertiary/aromatic N) is 2. The summed E-state index contributed by atoms with van der Waals surface area (Å²) < 4.78 is 7.48. The fourth-order valence-electron chi connectivity index (χ4n) is 4.22. The highest BCUT2D eigenvalue weighted by Crippen LogP contribution is 2.35. The maximum absolute atomic E-state index is 12.6. The lowest BCUT2D eigenvalue weighted by Crippen LogP contribution is -2.41. The van der Waals surface area contributed by atoms with Crippen LogP contribution in [0.1, 0.15) is 48.6 Å². The van der Waals surface area contributed by atoms with E-state index < -0.39 is 0 Å². The Morgan fingerprint density at radius 2 is 2.28 bits per heavy atom. The second kappa shape index (κ2) is 6.90. The summed E-state index contributed by atoms with van der Waals surface area (Å²) in [5.74, 6) is 2.52. The van der Waals surface area contributed by atoms with Crippen LogP contribution in [0.15, 0.2) is 30.6 Å². The van der Waals surface area contributed by atoms with Crippen molar-refractivity contribution < 1.29 is 9.53 Å². The van der Waals surface area contributed by atoms with Crippen LogP contribution in [0.2, 0.25) is 0 Å². The SMILES string of the molecule is COc1ccc2c(c1)CCC[C@@H]2CC(=O)N[C@@H]1CCc2nccn2C1. The van der Waals surface area contributed by atoms with Gasteiger partial charge >= 0.3 is 0 Å². The number of carbonyl (C=O) groups excluding carboxylic acids is 1. The Balaban J connectivity index is 1.39. The molecule has 1 aromatic carbocycles. The molecule has 0 radical (unpaired) electrons. The van der Waals surface area contributed by atoms with Crippen LogP contribution in [0.3, 0.4) is 0 Å². The van der Waals surface area contributed by atoms with Crippen LogP contribution in [-0.2, 0) is 24.2 Å². The number of methoxy groups -OCH3 is 1. The van der Waals surface area contributed by atoms with Crippen molar-refractivity contribution in [3.8, 4) is 5.75 Å². The number of hydrogen-bond acceptors (Lipinski definition) is 3. The number of imidazole rings is 1. The first kappa shape index (κ1) is 16.2. The normalized spacial score (nSPS) is 22.0. The van der Waals surface area contributed by atoms with Crippen molar-refractivity contribution in [3.63, 3.8) is 0 Å². The molecule has 0 saturated heterocycles. The van der Waals surface area contributed by atoms with Crippen LogP contribution in [0.25, 0.3) is 0 Å². The number of rotatable bonds is 4. The molecule has 2 atom stereocenters. The van der Waals surface area contributed by atoms with Crippen LogP contribution in [-0.4, -0.2) is 28.6 Å². The standard InChI is InChI=1S/C20H25N3O2/c1-25-17-6-7-18-14(11-17)3-2-4-15(18)12-20(24)22-16-5-8-19-21-9-10-23(19)13-16/h6-7,9-11,15-16H,2-5,8,12-13H2,1H3,(H,22,24)/t15-,16-/m1/s1. The van der Waals surface area contributed by atoms with Gasteiger partial charge < -0.3 is 14.6 Å². The van der Waals surface area contributed by atoms with Gasteiger partial charge in [-0.2, -0.15) is 0 Å². The van der Waals surface area contributed by atoms with Crippen molar-refractivity contribution in [1.29, 1.82) is 0 Å². The van der Waals surface area contributed by atoms with Gasteiger partial charge in [-0.3, -0.25) is 4.79 Å². The number of benzene rings is 1. The molecular weight excluding hydrogens is 314 g/mol. The Labute approximate surface area is 148 Å². The van der Waals surface area contributed by atoms with Gasteiger partial charge in [-0.05, 0) is 54.9 Å². The van der Waals surface area contributed by atoms with Crippen molar-refractivity contribution in [1.82, 2.24) is 14.9 Å². The lowest BCUT2D eigenvalue weighted by molar-refractivity contribution is -0.122. The summed E-state index contributed by atoms with van der Waals surface area (Å²) in [4.78, 5) is 16.9. The minimum absolute atomic E-state index is 0.169. The maximum atomic E-state index is 12.6. The molecule has 5 nitrogen and oxygen atoms in total. The monoisotopic (exact) mass is 339 g/mol. The molecule has 2 heterocycles. The van der Waals surface area contributed by atoms with Gasteiger partial charge in [-0.25, -0.2) is 4.98 Å². The van der Waals surface area contributed by atoms with E-state index >= 15 is 0 Å². The average Bonchev–Trinajstić information content (AvgIpc) is 3.09. The summed E-state index contributed by atoms with van der Waals surface area (Å²) in [5.41, 5.74) is 2.66. The third-order valence-electron chi connectivity index (χ3n) is 5.52. The molecule has 1 amide bonds. The predicted octanol–water partition coefficient (Wildman–Crippen LogP) is 2.83. The Morgan fingerprint density at radius 1 is 1.36 bits per heavy atom. The summed E-state index contributed by atoms with van der Waals surface area (Å²) >= 11 is 0. The van der Waals surface area contributed by atoms with Crippen molar-refractivity contribution in [2.24, 2.45) is 0 Å². The number of hydrogen-bond donors (Lipinski definition) is 1. The van der Waals surface area contributed by atoms with Gasteiger partial charge in [0.2, 0.25) is 5.91 Å². The summed E-state index contributed by atoms with van der Waals surface area (Å²) in [5, 5.41) is 3.24. The first-order valence-corrected chi connectivity index (χ1v) is 9.19. The Hall–Kier alpha value is -2.30. The number of aryl methyl sites for hydroxylation is 2. The Morgan fingerprint density at radius 3 is 3.16 bits per heavy atom. The highest BCUT2D eigenvalue weighted by atomic mass is 16.5. The Kier molecular flexibility index (Phi) is 4.47. The van der Waals surface area contributed by atoms with E-state index in [1.54, 1.807) is 7.11 Å².